The second-order valence-electron chi connectivity index (χ2n) is 4.53. The van der Waals surface area contributed by atoms with Gasteiger partial charge >= 0.3 is 5.97 Å². The number of rotatable bonds is 2. The summed E-state index contributed by atoms with van der Waals surface area (Å²) in [4.78, 5) is 25.3. The van der Waals surface area contributed by atoms with Crippen LogP contribution in [0.15, 0.2) is 0 Å². The Morgan fingerprint density at radius 1 is 1.53 bits per heavy atom. The Kier molecular flexibility index (Phi) is 2.86. The minimum absolute atomic E-state index is 0.164. The molecule has 0 radical (unpaired) electrons. The second kappa shape index (κ2) is 4.06. The number of hydrogen-bond acceptors (Lipinski definition) is 5. The Hall–Kier alpha value is -1.50. The Morgan fingerprint density at radius 2 is 2.24 bits per heavy atom. The average Bonchev–Trinajstić information content (AvgIpc) is 2.85. The number of hydrogen-bond donors (Lipinski definition) is 1. The van der Waals surface area contributed by atoms with Gasteiger partial charge in [0.05, 0.1) is 11.1 Å². The van der Waals surface area contributed by atoms with Gasteiger partial charge in [-0.15, -0.1) is 5.10 Å². The zero-order valence-corrected chi connectivity index (χ0v) is 10.5. The number of carboxylic acid groups (broad SMARTS) is 1. The molecule has 17 heavy (non-hydrogen) atoms. The molecule has 1 unspecified atom stereocenters. The van der Waals surface area contributed by atoms with Crippen LogP contribution in [0.5, 0.6) is 0 Å². The number of aliphatic carboxylic acids is 1. The summed E-state index contributed by atoms with van der Waals surface area (Å²) in [5.74, 6) is -1.02. The molecule has 1 fully saturated rings. The van der Waals surface area contributed by atoms with Crippen molar-refractivity contribution >= 4 is 23.4 Å². The minimum Gasteiger partial charge on any atom is -0.481 e. The van der Waals surface area contributed by atoms with E-state index in [1.807, 2.05) is 0 Å². The van der Waals surface area contributed by atoms with Crippen LogP contribution in [0.1, 0.15) is 28.7 Å². The van der Waals surface area contributed by atoms with Gasteiger partial charge in [-0.2, -0.15) is 0 Å². The predicted octanol–water partition coefficient (Wildman–Crippen LogP) is 0.783. The van der Waals surface area contributed by atoms with E-state index in [0.29, 0.717) is 23.5 Å². The summed E-state index contributed by atoms with van der Waals surface area (Å²) < 4.78 is 3.71. The Balaban J connectivity index is 2.15. The van der Waals surface area contributed by atoms with Gasteiger partial charge < -0.3 is 10.0 Å². The summed E-state index contributed by atoms with van der Waals surface area (Å²) >= 11 is 1.05. The molecule has 2 rings (SSSR count). The number of carbonyl (C=O) groups excluding carboxylic acids is 1. The highest BCUT2D eigenvalue weighted by Crippen LogP contribution is 2.31. The van der Waals surface area contributed by atoms with Crippen molar-refractivity contribution in [3.63, 3.8) is 0 Å². The van der Waals surface area contributed by atoms with Crippen LogP contribution in [0.4, 0.5) is 0 Å². The molecule has 0 spiro atoms. The van der Waals surface area contributed by atoms with E-state index >= 15 is 0 Å². The van der Waals surface area contributed by atoms with E-state index in [-0.39, 0.29) is 12.5 Å². The second-order valence-corrected chi connectivity index (χ2v) is 5.28. The smallest absolute Gasteiger partial charge is 0.311 e. The van der Waals surface area contributed by atoms with Crippen LogP contribution < -0.4 is 0 Å². The maximum Gasteiger partial charge on any atom is 0.311 e. The highest BCUT2D eigenvalue weighted by molar-refractivity contribution is 7.07. The lowest BCUT2D eigenvalue weighted by Crippen LogP contribution is -2.34. The molecule has 1 aromatic rings. The summed E-state index contributed by atoms with van der Waals surface area (Å²) in [6.07, 6.45) is 0.485. The molecule has 0 saturated carbocycles. The third kappa shape index (κ3) is 2.02. The highest BCUT2D eigenvalue weighted by Gasteiger charge is 2.42. The van der Waals surface area contributed by atoms with E-state index in [1.165, 1.54) is 0 Å². The van der Waals surface area contributed by atoms with Crippen molar-refractivity contribution in [2.24, 2.45) is 5.41 Å². The first-order valence-corrected chi connectivity index (χ1v) is 6.03. The SMILES string of the molecule is Cc1nnsc1C(=O)N1CCC(C)(C(=O)O)C1. The molecule has 2 heterocycles. The van der Waals surface area contributed by atoms with Crippen LogP contribution in [0.3, 0.4) is 0 Å². The van der Waals surface area contributed by atoms with Crippen molar-refractivity contribution in [3.8, 4) is 0 Å². The van der Waals surface area contributed by atoms with E-state index in [4.69, 9.17) is 5.11 Å². The predicted molar refractivity (Wildman–Crippen MR) is 60.9 cm³/mol. The Morgan fingerprint density at radius 3 is 2.71 bits per heavy atom. The van der Waals surface area contributed by atoms with Crippen molar-refractivity contribution < 1.29 is 14.7 Å². The Bertz CT molecular complexity index is 473. The third-order valence-electron chi connectivity index (χ3n) is 3.12. The van der Waals surface area contributed by atoms with E-state index < -0.39 is 11.4 Å². The van der Waals surface area contributed by atoms with Crippen molar-refractivity contribution in [2.75, 3.05) is 13.1 Å². The van der Waals surface area contributed by atoms with E-state index in [0.717, 1.165) is 11.5 Å². The number of likely N-dealkylation sites (tertiary alicyclic amines) is 1. The molecule has 1 N–H and O–H groups in total. The molecule has 1 saturated heterocycles. The summed E-state index contributed by atoms with van der Waals surface area (Å²) in [5.41, 5.74) is -0.231. The number of amides is 1. The van der Waals surface area contributed by atoms with Gasteiger partial charge in [-0.3, -0.25) is 9.59 Å². The van der Waals surface area contributed by atoms with Gasteiger partial charge in [-0.1, -0.05) is 4.49 Å². The molecule has 92 valence electrons. The molecule has 1 aliphatic rings. The van der Waals surface area contributed by atoms with Crippen LogP contribution in [-0.4, -0.2) is 44.6 Å². The molecule has 0 bridgehead atoms. The summed E-state index contributed by atoms with van der Waals surface area (Å²) in [6.45, 7) is 4.11. The van der Waals surface area contributed by atoms with Gasteiger partial charge in [-0.05, 0) is 31.8 Å². The fourth-order valence-corrected chi connectivity index (χ4v) is 2.51. The van der Waals surface area contributed by atoms with E-state index in [1.54, 1.807) is 18.7 Å². The molecule has 0 aromatic carbocycles. The lowest BCUT2D eigenvalue weighted by molar-refractivity contribution is -0.147. The summed E-state index contributed by atoms with van der Waals surface area (Å²) in [7, 11) is 0. The van der Waals surface area contributed by atoms with Crippen LogP contribution in [-0.2, 0) is 4.79 Å². The van der Waals surface area contributed by atoms with Gasteiger partial charge in [0.2, 0.25) is 0 Å². The van der Waals surface area contributed by atoms with Crippen LogP contribution in [0, 0.1) is 12.3 Å². The first-order chi connectivity index (χ1) is 7.94. The van der Waals surface area contributed by atoms with Gasteiger partial charge in [0.15, 0.2) is 0 Å². The number of nitrogens with zero attached hydrogens (tertiary/aromatic N) is 3. The summed E-state index contributed by atoms with van der Waals surface area (Å²) in [6, 6.07) is 0. The topological polar surface area (TPSA) is 83.4 Å². The maximum absolute atomic E-state index is 12.1. The number of aromatic nitrogens is 2. The largest absolute Gasteiger partial charge is 0.481 e. The normalized spacial score (nSPS) is 24.0. The van der Waals surface area contributed by atoms with Crippen molar-refractivity contribution in [1.82, 2.24) is 14.5 Å². The fourth-order valence-electron chi connectivity index (χ4n) is 1.88. The molecule has 6 nitrogen and oxygen atoms in total. The minimum atomic E-state index is -0.855. The molecule has 7 heteroatoms. The quantitative estimate of drug-likeness (QED) is 0.844. The fraction of sp³-hybridized carbons (Fsp3) is 0.600. The van der Waals surface area contributed by atoms with Crippen LogP contribution >= 0.6 is 11.5 Å². The Labute approximate surface area is 102 Å². The van der Waals surface area contributed by atoms with E-state index in [9.17, 15) is 9.59 Å². The van der Waals surface area contributed by atoms with Gasteiger partial charge in [0.25, 0.3) is 5.91 Å². The van der Waals surface area contributed by atoms with Crippen LogP contribution in [0.2, 0.25) is 0 Å². The molecule has 0 aliphatic carbocycles. The molecular formula is C10H13N3O3S. The molecular weight excluding hydrogens is 242 g/mol. The summed E-state index contributed by atoms with van der Waals surface area (Å²) in [5, 5.41) is 12.9. The zero-order valence-electron chi connectivity index (χ0n) is 9.63. The standard InChI is InChI=1S/C10H13N3O3S/c1-6-7(17-12-11-6)8(14)13-4-3-10(2,5-13)9(15)16/h3-5H2,1-2H3,(H,15,16). The molecule has 1 aromatic heterocycles. The lowest BCUT2D eigenvalue weighted by Gasteiger charge is -2.19. The van der Waals surface area contributed by atoms with Gasteiger partial charge in [-0.25, -0.2) is 0 Å². The average molecular weight is 255 g/mol. The first kappa shape index (κ1) is 12.0. The van der Waals surface area contributed by atoms with Crippen molar-refractivity contribution in [1.29, 1.82) is 0 Å². The molecule has 1 amide bonds. The monoisotopic (exact) mass is 255 g/mol. The maximum atomic E-state index is 12.1. The van der Waals surface area contributed by atoms with Gasteiger partial charge in [0.1, 0.15) is 4.88 Å². The van der Waals surface area contributed by atoms with E-state index in [2.05, 4.69) is 9.59 Å². The van der Waals surface area contributed by atoms with Gasteiger partial charge in [0, 0.05) is 13.1 Å². The van der Waals surface area contributed by atoms with Crippen LogP contribution in [0.25, 0.3) is 0 Å². The third-order valence-corrected chi connectivity index (χ3v) is 3.94. The highest BCUT2D eigenvalue weighted by atomic mass is 32.1. The number of carbonyl (C=O) groups is 2. The first-order valence-electron chi connectivity index (χ1n) is 5.26. The molecule has 1 aliphatic heterocycles. The van der Waals surface area contributed by atoms with Crippen molar-refractivity contribution in [3.05, 3.63) is 10.6 Å². The molecule has 1 atom stereocenters. The van der Waals surface area contributed by atoms with Crippen molar-refractivity contribution in [2.45, 2.75) is 20.3 Å². The number of carboxylic acids is 1. The number of aryl methyl sites for hydroxylation is 1. The zero-order chi connectivity index (χ0) is 12.6. The lowest BCUT2D eigenvalue weighted by atomic mass is 9.90.